The Labute approximate surface area is 342 Å². The molecule has 0 aromatic heterocycles. The average Bonchev–Trinajstić information content (AvgIpc) is 3.13. The molecule has 0 bridgehead atoms. The maximum atomic E-state index is 13.9. The van der Waals surface area contributed by atoms with Crippen LogP contribution in [0.4, 0.5) is 0 Å². The van der Waals surface area contributed by atoms with Crippen LogP contribution in [0.15, 0.2) is 30.3 Å². The Bertz CT molecular complexity index is 1360. The van der Waals surface area contributed by atoms with Crippen LogP contribution in [-0.4, -0.2) is 71.5 Å². The summed E-state index contributed by atoms with van der Waals surface area (Å²) in [4.78, 5) is 79.8. The van der Waals surface area contributed by atoms with E-state index in [1.165, 1.54) is 39.0 Å². The first kappa shape index (κ1) is 51.0. The van der Waals surface area contributed by atoms with E-state index in [4.69, 9.17) is 19.9 Å². The second-order valence-corrected chi connectivity index (χ2v) is 16.7. The highest BCUT2D eigenvalue weighted by atomic mass is 16.6. The molecule has 0 radical (unpaired) electrons. The van der Waals surface area contributed by atoms with Gasteiger partial charge in [0.2, 0.25) is 17.7 Å². The Kier molecular flexibility index (Phi) is 24.7. The molecule has 6 atom stereocenters. The summed E-state index contributed by atoms with van der Waals surface area (Å²) in [7, 11) is 0. The third-order valence-electron chi connectivity index (χ3n) is 9.49. The molecular weight excluding hydrogens is 729 g/mol. The number of benzene rings is 1. The number of amides is 3. The maximum Gasteiger partial charge on any atom is 0.329 e. The number of rotatable bonds is 28. The fourth-order valence-electron chi connectivity index (χ4n) is 6.07. The van der Waals surface area contributed by atoms with Gasteiger partial charge < -0.3 is 35.9 Å². The molecule has 0 aliphatic carbocycles. The largest absolute Gasteiger partial charge is 0.461 e. The van der Waals surface area contributed by atoms with Crippen LogP contribution >= 0.6 is 0 Å². The minimum Gasteiger partial charge on any atom is -0.461 e. The van der Waals surface area contributed by atoms with Gasteiger partial charge in [-0.3, -0.25) is 24.0 Å². The molecule has 1 aromatic carbocycles. The molecule has 1 unspecified atom stereocenters. The predicted octanol–water partition coefficient (Wildman–Crippen LogP) is 6.58. The summed E-state index contributed by atoms with van der Waals surface area (Å²) in [6, 6.07) is 4.76. The zero-order valence-electron chi connectivity index (χ0n) is 36.3. The van der Waals surface area contributed by atoms with E-state index in [1.54, 1.807) is 20.8 Å². The van der Waals surface area contributed by atoms with Crippen molar-refractivity contribution in [2.24, 2.45) is 17.6 Å². The minimum atomic E-state index is -1.38. The van der Waals surface area contributed by atoms with E-state index < -0.39 is 77.9 Å². The monoisotopic (exact) mass is 803 g/mol. The number of unbranched alkanes of at least 4 members (excludes halogenated alkanes) is 8. The van der Waals surface area contributed by atoms with Crippen molar-refractivity contribution >= 4 is 35.6 Å². The molecule has 0 saturated heterocycles. The molecule has 1 aromatic rings. The summed E-state index contributed by atoms with van der Waals surface area (Å²) in [6.07, 6.45) is 9.77. The van der Waals surface area contributed by atoms with E-state index in [-0.39, 0.29) is 31.3 Å². The van der Waals surface area contributed by atoms with Crippen LogP contribution in [0.2, 0.25) is 0 Å². The molecule has 1 rings (SSSR count). The lowest BCUT2D eigenvalue weighted by Gasteiger charge is -2.29. The van der Waals surface area contributed by atoms with Gasteiger partial charge in [0.15, 0.2) is 0 Å². The summed E-state index contributed by atoms with van der Waals surface area (Å²) in [6.45, 7) is 16.2. The number of carbonyl (C=O) groups is 6. The first-order valence-corrected chi connectivity index (χ1v) is 21.1. The van der Waals surface area contributed by atoms with Crippen molar-refractivity contribution in [3.63, 3.8) is 0 Å². The molecule has 57 heavy (non-hydrogen) atoms. The van der Waals surface area contributed by atoms with Gasteiger partial charge >= 0.3 is 17.9 Å². The van der Waals surface area contributed by atoms with Gasteiger partial charge in [-0.15, -0.1) is 0 Å². The van der Waals surface area contributed by atoms with Gasteiger partial charge in [0.1, 0.15) is 36.4 Å². The number of hydrogen-bond donors (Lipinski definition) is 4. The van der Waals surface area contributed by atoms with Crippen molar-refractivity contribution < 1.29 is 43.0 Å². The fraction of sp³-hybridized carbons (Fsp3) is 0.727. The average molecular weight is 803 g/mol. The van der Waals surface area contributed by atoms with Crippen molar-refractivity contribution in [1.29, 1.82) is 0 Å². The van der Waals surface area contributed by atoms with Crippen molar-refractivity contribution in [2.45, 2.75) is 195 Å². The molecule has 13 heteroatoms. The Morgan fingerprint density at radius 3 is 1.81 bits per heavy atom. The number of carbonyl (C=O) groups excluding carboxylic acids is 6. The molecule has 0 saturated carbocycles. The summed E-state index contributed by atoms with van der Waals surface area (Å²) >= 11 is 0. The number of nitrogens with two attached hydrogens (primary N) is 1. The molecule has 0 aliphatic heterocycles. The molecule has 0 aliphatic rings. The van der Waals surface area contributed by atoms with Crippen molar-refractivity contribution in [1.82, 2.24) is 16.0 Å². The van der Waals surface area contributed by atoms with Crippen molar-refractivity contribution in [3.05, 3.63) is 35.9 Å². The second kappa shape index (κ2) is 27.6. The van der Waals surface area contributed by atoms with Crippen LogP contribution in [0.1, 0.15) is 158 Å². The lowest BCUT2D eigenvalue weighted by Crippen LogP contribution is -2.58. The summed E-state index contributed by atoms with van der Waals surface area (Å²) in [5, 5.41) is 7.99. The van der Waals surface area contributed by atoms with Crippen LogP contribution < -0.4 is 21.7 Å². The van der Waals surface area contributed by atoms with Crippen molar-refractivity contribution in [3.8, 4) is 0 Å². The first-order valence-electron chi connectivity index (χ1n) is 21.1. The summed E-state index contributed by atoms with van der Waals surface area (Å²) in [5.41, 5.74) is 5.73. The first-order chi connectivity index (χ1) is 26.9. The number of esters is 3. The summed E-state index contributed by atoms with van der Waals surface area (Å²) < 4.78 is 16.9. The Morgan fingerprint density at radius 2 is 1.26 bits per heavy atom. The lowest BCUT2D eigenvalue weighted by atomic mass is 9.97. The molecular formula is C44H74N4O9. The second-order valence-electron chi connectivity index (χ2n) is 16.7. The highest BCUT2D eigenvalue weighted by Gasteiger charge is 2.35. The molecule has 5 N–H and O–H groups in total. The van der Waals surface area contributed by atoms with E-state index in [2.05, 4.69) is 22.9 Å². The SMILES string of the molecule is CCCCCCCCCCCC(CC(=O)OCc1ccccc1)OC(=O)[C@@H](NC(=O)[C@@H](CC(C)C)NC(=O)[C@H](CC(=O)OC(C)(C)C)NC(=O)[C@H](C)N)[C@@H](C)CC. The summed E-state index contributed by atoms with van der Waals surface area (Å²) in [5.74, 6) is -4.41. The van der Waals surface area contributed by atoms with Gasteiger partial charge in [-0.2, -0.15) is 0 Å². The molecule has 0 spiro atoms. The van der Waals surface area contributed by atoms with Gasteiger partial charge in [0, 0.05) is 0 Å². The Balaban J connectivity index is 3.17. The van der Waals surface area contributed by atoms with E-state index in [0.29, 0.717) is 12.8 Å². The smallest absolute Gasteiger partial charge is 0.329 e. The normalized spacial score (nSPS) is 14.6. The van der Waals surface area contributed by atoms with Gasteiger partial charge in [-0.25, -0.2) is 4.79 Å². The van der Waals surface area contributed by atoms with Crippen LogP contribution in [0.5, 0.6) is 0 Å². The lowest BCUT2D eigenvalue weighted by molar-refractivity contribution is -0.160. The molecule has 13 nitrogen and oxygen atoms in total. The molecule has 324 valence electrons. The maximum absolute atomic E-state index is 13.9. The Morgan fingerprint density at radius 1 is 0.702 bits per heavy atom. The molecule has 3 amide bonds. The zero-order chi connectivity index (χ0) is 43.0. The van der Waals surface area contributed by atoms with Gasteiger partial charge in [-0.05, 0) is 64.4 Å². The van der Waals surface area contributed by atoms with Crippen LogP contribution in [0.3, 0.4) is 0 Å². The third-order valence-corrected chi connectivity index (χ3v) is 9.49. The molecule has 0 heterocycles. The number of hydrogen-bond acceptors (Lipinski definition) is 10. The molecule has 0 fully saturated rings. The highest BCUT2D eigenvalue weighted by molar-refractivity contribution is 5.96. The van der Waals surface area contributed by atoms with Gasteiger partial charge in [0.25, 0.3) is 0 Å². The topological polar surface area (TPSA) is 192 Å². The standard InChI is InChI=1S/C44H74N4O9/c1-10-12-13-14-15-16-17-18-22-25-34(27-37(49)55-29-33-23-20-19-21-24-33)56-43(54)39(31(5)11-2)48-42(53)35(26-30(3)4)47-41(52)36(46-40(51)32(6)45)28-38(50)57-44(7,8)9/h19-21,23-24,30-32,34-36,39H,10-18,22,25-29,45H2,1-9H3,(H,46,51)(H,47,52)(H,48,53)/t31-,32-,34?,35+,36-,39-/m0/s1. The predicted molar refractivity (Wildman–Crippen MR) is 221 cm³/mol. The third kappa shape index (κ3) is 23.1. The van der Waals surface area contributed by atoms with Crippen molar-refractivity contribution in [2.75, 3.05) is 0 Å². The van der Waals surface area contributed by atoms with Gasteiger partial charge in [-0.1, -0.05) is 123 Å². The van der Waals surface area contributed by atoms with E-state index >= 15 is 0 Å². The highest BCUT2D eigenvalue weighted by Crippen LogP contribution is 2.19. The minimum absolute atomic E-state index is 0.0689. The zero-order valence-corrected chi connectivity index (χ0v) is 36.3. The number of ether oxygens (including phenoxy) is 3. The van der Waals surface area contributed by atoms with E-state index in [9.17, 15) is 28.8 Å². The van der Waals surface area contributed by atoms with Gasteiger partial charge in [0.05, 0.1) is 18.9 Å². The van der Waals surface area contributed by atoms with Crippen LogP contribution in [-0.2, 0) is 49.6 Å². The van der Waals surface area contributed by atoms with E-state index in [1.807, 2.05) is 58.0 Å². The van der Waals surface area contributed by atoms with E-state index in [0.717, 1.165) is 31.2 Å². The van der Waals surface area contributed by atoms with Crippen LogP contribution in [0.25, 0.3) is 0 Å². The van der Waals surface area contributed by atoms with Crippen LogP contribution in [0, 0.1) is 11.8 Å². The quantitative estimate of drug-likeness (QED) is 0.0409. The Hall–Kier alpha value is -4.00. The fourth-order valence-corrected chi connectivity index (χ4v) is 6.07. The number of nitrogens with one attached hydrogen (secondary N) is 3.